The summed E-state index contributed by atoms with van der Waals surface area (Å²) in [6.07, 6.45) is 0. The van der Waals surface area contributed by atoms with E-state index in [0.717, 1.165) is 9.78 Å². The molecule has 1 saturated heterocycles. The first-order valence-electron chi connectivity index (χ1n) is 8.52. The van der Waals surface area contributed by atoms with Crippen molar-refractivity contribution in [2.45, 2.75) is 47.2 Å². The summed E-state index contributed by atoms with van der Waals surface area (Å²) in [5.41, 5.74) is -0.513. The highest BCUT2D eigenvalue weighted by Gasteiger charge is 2.46. The van der Waals surface area contributed by atoms with Crippen molar-refractivity contribution in [3.63, 3.8) is 0 Å². The number of nitrogens with one attached hydrogen (secondary N) is 1. The Morgan fingerprint density at radius 3 is 2.26 bits per heavy atom. The average molecular weight is 393 g/mol. The second-order valence-corrected chi connectivity index (χ2v) is 8.73. The molecule has 0 aromatic carbocycles. The predicted molar refractivity (Wildman–Crippen MR) is 99.0 cm³/mol. The van der Waals surface area contributed by atoms with Gasteiger partial charge in [-0.2, -0.15) is 0 Å². The summed E-state index contributed by atoms with van der Waals surface area (Å²) in [6.45, 7) is 8.44. The molecule has 1 N–H and O–H groups in total. The number of hydrogen-bond donors (Lipinski definition) is 1. The smallest absolute Gasteiger partial charge is 0.334 e. The standard InChI is InChI=1S/C18H23N3O5S/c1-10(2)21-15(24)14(23)20(17(21)26)9-12(22)13-7-6-11(27-13)8-19-16(25)18(3,4)5/h6-7,10H,8-9H2,1-5H3,(H,19,25). The third kappa shape index (κ3) is 4.41. The van der Waals surface area contributed by atoms with Gasteiger partial charge < -0.3 is 5.32 Å². The number of thiophene rings is 1. The van der Waals surface area contributed by atoms with Crippen LogP contribution in [0.2, 0.25) is 0 Å². The molecule has 0 aliphatic carbocycles. The molecule has 0 spiro atoms. The highest BCUT2D eigenvalue weighted by atomic mass is 32.1. The third-order valence-electron chi connectivity index (χ3n) is 3.94. The Bertz CT molecular complexity index is 806. The Kier molecular flexibility index (Phi) is 5.84. The van der Waals surface area contributed by atoms with Crippen molar-refractivity contribution in [2.24, 2.45) is 5.41 Å². The molecule has 9 heteroatoms. The van der Waals surface area contributed by atoms with Crippen LogP contribution in [0.4, 0.5) is 4.79 Å². The first-order chi connectivity index (χ1) is 12.4. The van der Waals surface area contributed by atoms with Crippen LogP contribution in [0.1, 0.15) is 49.2 Å². The van der Waals surface area contributed by atoms with Gasteiger partial charge in [0.15, 0.2) is 5.78 Å². The van der Waals surface area contributed by atoms with E-state index in [1.807, 2.05) is 0 Å². The van der Waals surface area contributed by atoms with Gasteiger partial charge >= 0.3 is 17.8 Å². The lowest BCUT2D eigenvalue weighted by molar-refractivity contribution is -0.143. The van der Waals surface area contributed by atoms with E-state index < -0.39 is 41.6 Å². The number of urea groups is 1. The first-order valence-corrected chi connectivity index (χ1v) is 9.34. The molecule has 1 fully saturated rings. The molecule has 8 nitrogen and oxygen atoms in total. The van der Waals surface area contributed by atoms with E-state index in [2.05, 4.69) is 5.32 Å². The Balaban J connectivity index is 2.02. The molecule has 0 atom stereocenters. The van der Waals surface area contributed by atoms with E-state index >= 15 is 0 Å². The summed E-state index contributed by atoms with van der Waals surface area (Å²) in [5, 5.41) is 2.79. The van der Waals surface area contributed by atoms with E-state index in [-0.39, 0.29) is 12.5 Å². The largest absolute Gasteiger partial charge is 0.351 e. The molecule has 1 aromatic heterocycles. The van der Waals surface area contributed by atoms with E-state index in [0.29, 0.717) is 9.78 Å². The van der Waals surface area contributed by atoms with Crippen molar-refractivity contribution < 1.29 is 24.0 Å². The minimum atomic E-state index is -0.990. The van der Waals surface area contributed by atoms with Crippen LogP contribution in [-0.2, 0) is 20.9 Å². The zero-order valence-corrected chi connectivity index (χ0v) is 16.8. The molecule has 2 rings (SSSR count). The van der Waals surface area contributed by atoms with Crippen LogP contribution in [0.15, 0.2) is 12.1 Å². The maximum atomic E-state index is 12.4. The summed E-state index contributed by atoms with van der Waals surface area (Å²) >= 11 is 1.18. The fourth-order valence-corrected chi connectivity index (χ4v) is 3.27. The Hall–Kier alpha value is -2.55. The molecule has 0 bridgehead atoms. The second kappa shape index (κ2) is 7.59. The molecule has 0 saturated carbocycles. The number of hydrogen-bond acceptors (Lipinski definition) is 6. The molecule has 1 aromatic rings. The van der Waals surface area contributed by atoms with Crippen molar-refractivity contribution in [1.29, 1.82) is 0 Å². The topological polar surface area (TPSA) is 104 Å². The Morgan fingerprint density at radius 2 is 1.74 bits per heavy atom. The van der Waals surface area contributed by atoms with Gasteiger partial charge in [-0.05, 0) is 26.0 Å². The average Bonchev–Trinajstić information content (AvgIpc) is 3.11. The van der Waals surface area contributed by atoms with Crippen molar-refractivity contribution in [1.82, 2.24) is 15.1 Å². The molecule has 146 valence electrons. The monoisotopic (exact) mass is 393 g/mol. The van der Waals surface area contributed by atoms with Crippen LogP contribution >= 0.6 is 11.3 Å². The molecule has 1 aliphatic rings. The van der Waals surface area contributed by atoms with Crippen molar-refractivity contribution in [2.75, 3.05) is 6.54 Å². The summed E-state index contributed by atoms with van der Waals surface area (Å²) in [5.74, 6) is -2.45. The van der Waals surface area contributed by atoms with Gasteiger partial charge in [-0.25, -0.2) is 9.69 Å². The Labute approximate surface area is 161 Å². The predicted octanol–water partition coefficient (Wildman–Crippen LogP) is 1.79. The Morgan fingerprint density at radius 1 is 1.11 bits per heavy atom. The molecular formula is C18H23N3O5S. The zero-order chi connectivity index (χ0) is 20.5. The maximum Gasteiger partial charge on any atom is 0.334 e. The number of imide groups is 2. The van der Waals surface area contributed by atoms with Crippen molar-refractivity contribution in [3.05, 3.63) is 21.9 Å². The summed E-state index contributed by atoms with van der Waals surface area (Å²) < 4.78 is 0. The van der Waals surface area contributed by atoms with Gasteiger partial charge in [0.2, 0.25) is 5.91 Å². The summed E-state index contributed by atoms with van der Waals surface area (Å²) in [7, 11) is 0. The van der Waals surface area contributed by atoms with Gasteiger partial charge in [0.05, 0.1) is 18.0 Å². The van der Waals surface area contributed by atoms with Gasteiger partial charge in [-0.3, -0.25) is 24.1 Å². The van der Waals surface area contributed by atoms with Crippen LogP contribution in [0.3, 0.4) is 0 Å². The fourth-order valence-electron chi connectivity index (χ4n) is 2.39. The van der Waals surface area contributed by atoms with Gasteiger partial charge in [-0.15, -0.1) is 11.3 Å². The number of ketones is 1. The quantitative estimate of drug-likeness (QED) is 0.451. The van der Waals surface area contributed by atoms with Gasteiger partial charge in [0.1, 0.15) is 0 Å². The van der Waals surface area contributed by atoms with Crippen LogP contribution in [0.25, 0.3) is 0 Å². The summed E-state index contributed by atoms with van der Waals surface area (Å²) in [4.78, 5) is 63.1. The van der Waals surface area contributed by atoms with E-state index in [9.17, 15) is 24.0 Å². The van der Waals surface area contributed by atoms with Crippen LogP contribution in [-0.4, -0.2) is 51.9 Å². The second-order valence-electron chi connectivity index (χ2n) is 7.56. The summed E-state index contributed by atoms with van der Waals surface area (Å²) in [6, 6.07) is 2.05. The number of carbonyl (C=O) groups is 5. The molecule has 2 heterocycles. The molecule has 1 aliphatic heterocycles. The van der Waals surface area contributed by atoms with Gasteiger partial charge in [0.25, 0.3) is 0 Å². The SMILES string of the molecule is CC(C)N1C(=O)C(=O)N(CC(=O)c2ccc(CNC(=O)C(C)(C)C)s2)C1=O. The lowest BCUT2D eigenvalue weighted by Gasteiger charge is -2.17. The zero-order valence-electron chi connectivity index (χ0n) is 16.0. The van der Waals surface area contributed by atoms with Crippen LogP contribution in [0.5, 0.6) is 0 Å². The van der Waals surface area contributed by atoms with Gasteiger partial charge in [0, 0.05) is 16.3 Å². The minimum absolute atomic E-state index is 0.107. The molecule has 0 unspecified atom stereocenters. The number of nitrogens with zero attached hydrogens (tertiary/aromatic N) is 2. The third-order valence-corrected chi connectivity index (χ3v) is 5.07. The lowest BCUT2D eigenvalue weighted by Crippen LogP contribution is -2.39. The maximum absolute atomic E-state index is 12.4. The molecular weight excluding hydrogens is 370 g/mol. The highest BCUT2D eigenvalue weighted by molar-refractivity contribution is 7.14. The van der Waals surface area contributed by atoms with Crippen molar-refractivity contribution in [3.8, 4) is 0 Å². The van der Waals surface area contributed by atoms with Gasteiger partial charge in [-0.1, -0.05) is 20.8 Å². The highest BCUT2D eigenvalue weighted by Crippen LogP contribution is 2.21. The number of carbonyl (C=O) groups excluding carboxylic acids is 5. The first kappa shape index (κ1) is 20.8. The van der Waals surface area contributed by atoms with E-state index in [1.54, 1.807) is 46.8 Å². The minimum Gasteiger partial charge on any atom is -0.351 e. The van der Waals surface area contributed by atoms with E-state index in [4.69, 9.17) is 0 Å². The normalized spacial score (nSPS) is 15.1. The van der Waals surface area contributed by atoms with E-state index in [1.165, 1.54) is 11.3 Å². The number of rotatable bonds is 6. The molecule has 5 amide bonds. The molecule has 27 heavy (non-hydrogen) atoms. The van der Waals surface area contributed by atoms with Crippen LogP contribution < -0.4 is 5.32 Å². The van der Waals surface area contributed by atoms with Crippen molar-refractivity contribution >= 4 is 40.9 Å². The molecule has 0 radical (unpaired) electrons. The van der Waals surface area contributed by atoms with Crippen LogP contribution in [0, 0.1) is 5.41 Å². The number of amides is 5. The lowest BCUT2D eigenvalue weighted by atomic mass is 9.96. The fraction of sp³-hybridized carbons (Fsp3) is 0.500. The number of Topliss-reactive ketones (excluding diaryl/α,β-unsaturated/α-hetero) is 1.